The summed E-state index contributed by atoms with van der Waals surface area (Å²) >= 11 is 11.6. The van der Waals surface area contributed by atoms with Crippen LogP contribution in [0.15, 0.2) is 41.3 Å². The SMILES string of the molecule is CN(C1CCCCC1)S(=O)(=O)c1ccc(NC(=O)c2cc(F)c(Cl)cc2Cl)cc1. The highest BCUT2D eigenvalue weighted by molar-refractivity contribution is 7.89. The lowest BCUT2D eigenvalue weighted by Crippen LogP contribution is -2.38. The maximum Gasteiger partial charge on any atom is 0.257 e. The number of benzene rings is 2. The number of hydrogen-bond acceptors (Lipinski definition) is 3. The van der Waals surface area contributed by atoms with Crippen molar-refractivity contribution in [2.45, 2.75) is 43.0 Å². The van der Waals surface area contributed by atoms with Crippen molar-refractivity contribution in [2.75, 3.05) is 12.4 Å². The summed E-state index contributed by atoms with van der Waals surface area (Å²) in [6.45, 7) is 0. The highest BCUT2D eigenvalue weighted by atomic mass is 35.5. The number of nitrogens with one attached hydrogen (secondary N) is 1. The van der Waals surface area contributed by atoms with E-state index < -0.39 is 21.7 Å². The van der Waals surface area contributed by atoms with Gasteiger partial charge in [-0.1, -0.05) is 42.5 Å². The molecule has 0 unspecified atom stereocenters. The van der Waals surface area contributed by atoms with Gasteiger partial charge in [-0.3, -0.25) is 4.79 Å². The second-order valence-corrected chi connectivity index (χ2v) is 9.85. The third-order valence-electron chi connectivity index (χ3n) is 5.13. The molecular formula is C20H21Cl2FN2O3S. The average molecular weight is 459 g/mol. The van der Waals surface area contributed by atoms with Gasteiger partial charge in [0.2, 0.25) is 10.0 Å². The van der Waals surface area contributed by atoms with Crippen LogP contribution in [0.1, 0.15) is 42.5 Å². The zero-order valence-corrected chi connectivity index (χ0v) is 18.1. The van der Waals surface area contributed by atoms with E-state index in [1.165, 1.54) is 28.6 Å². The van der Waals surface area contributed by atoms with E-state index in [2.05, 4.69) is 5.32 Å². The normalized spacial score (nSPS) is 15.5. The first-order valence-corrected chi connectivity index (χ1v) is 11.4. The molecule has 0 heterocycles. The first kappa shape index (κ1) is 22.0. The smallest absolute Gasteiger partial charge is 0.257 e. The van der Waals surface area contributed by atoms with Crippen molar-refractivity contribution >= 4 is 44.8 Å². The van der Waals surface area contributed by atoms with Crippen LogP contribution in [0.2, 0.25) is 10.0 Å². The van der Waals surface area contributed by atoms with E-state index in [9.17, 15) is 17.6 Å². The molecule has 0 spiro atoms. The monoisotopic (exact) mass is 458 g/mol. The number of anilines is 1. The van der Waals surface area contributed by atoms with Crippen molar-refractivity contribution in [3.05, 3.63) is 57.8 Å². The Morgan fingerprint density at radius 2 is 1.69 bits per heavy atom. The Morgan fingerprint density at radius 3 is 2.31 bits per heavy atom. The fourth-order valence-electron chi connectivity index (χ4n) is 3.41. The van der Waals surface area contributed by atoms with Crippen molar-refractivity contribution in [2.24, 2.45) is 0 Å². The molecule has 0 saturated heterocycles. The van der Waals surface area contributed by atoms with Crippen LogP contribution in [-0.2, 0) is 10.0 Å². The lowest BCUT2D eigenvalue weighted by Gasteiger charge is -2.30. The van der Waals surface area contributed by atoms with Crippen molar-refractivity contribution in [1.29, 1.82) is 0 Å². The lowest BCUT2D eigenvalue weighted by molar-refractivity contribution is 0.102. The molecule has 5 nitrogen and oxygen atoms in total. The number of sulfonamides is 1. The van der Waals surface area contributed by atoms with Crippen molar-refractivity contribution in [3.8, 4) is 0 Å². The first-order valence-electron chi connectivity index (χ1n) is 9.24. The van der Waals surface area contributed by atoms with E-state index in [0.717, 1.165) is 44.2 Å². The molecule has 1 N–H and O–H groups in total. The van der Waals surface area contributed by atoms with Crippen LogP contribution >= 0.6 is 23.2 Å². The van der Waals surface area contributed by atoms with E-state index in [0.29, 0.717) is 5.69 Å². The van der Waals surface area contributed by atoms with Crippen LogP contribution in [0, 0.1) is 5.82 Å². The third kappa shape index (κ3) is 4.91. The molecule has 1 fully saturated rings. The highest BCUT2D eigenvalue weighted by Gasteiger charge is 2.29. The van der Waals surface area contributed by atoms with Crippen LogP contribution in [-0.4, -0.2) is 31.7 Å². The Morgan fingerprint density at radius 1 is 1.07 bits per heavy atom. The minimum atomic E-state index is -3.62. The molecule has 29 heavy (non-hydrogen) atoms. The lowest BCUT2D eigenvalue weighted by atomic mass is 9.96. The van der Waals surface area contributed by atoms with Gasteiger partial charge in [0.25, 0.3) is 5.91 Å². The Labute approximate surface area is 179 Å². The largest absolute Gasteiger partial charge is 0.322 e. The van der Waals surface area contributed by atoms with Crippen LogP contribution in [0.4, 0.5) is 10.1 Å². The molecule has 3 rings (SSSR count). The van der Waals surface area contributed by atoms with Gasteiger partial charge in [-0.2, -0.15) is 4.31 Å². The summed E-state index contributed by atoms with van der Waals surface area (Å²) in [4.78, 5) is 12.5. The van der Waals surface area contributed by atoms with E-state index in [1.54, 1.807) is 7.05 Å². The number of carbonyl (C=O) groups is 1. The van der Waals surface area contributed by atoms with E-state index >= 15 is 0 Å². The quantitative estimate of drug-likeness (QED) is 0.614. The molecule has 9 heteroatoms. The Balaban J connectivity index is 1.74. The molecule has 1 aliphatic carbocycles. The van der Waals surface area contributed by atoms with Crippen LogP contribution < -0.4 is 5.32 Å². The number of halogens is 3. The topological polar surface area (TPSA) is 66.5 Å². The standard InChI is InChI=1S/C20H21Cl2FN2O3S/c1-25(14-5-3-2-4-6-14)29(27,28)15-9-7-13(8-10-15)24-20(26)16-11-19(23)18(22)12-17(16)21/h7-12,14H,2-6H2,1H3,(H,24,26). The zero-order chi connectivity index (χ0) is 21.2. The Hall–Kier alpha value is -1.67. The summed E-state index contributed by atoms with van der Waals surface area (Å²) in [5.41, 5.74) is 0.294. The number of rotatable bonds is 5. The molecule has 1 amide bonds. The molecule has 2 aromatic carbocycles. The van der Waals surface area contributed by atoms with Gasteiger partial charge < -0.3 is 5.32 Å². The van der Waals surface area contributed by atoms with Gasteiger partial charge >= 0.3 is 0 Å². The predicted molar refractivity (Wildman–Crippen MR) is 113 cm³/mol. The molecule has 0 atom stereocenters. The molecule has 0 bridgehead atoms. The summed E-state index contributed by atoms with van der Waals surface area (Å²) in [6, 6.07) is 7.97. The van der Waals surface area contributed by atoms with Crippen molar-refractivity contribution in [1.82, 2.24) is 4.31 Å². The fraction of sp³-hybridized carbons (Fsp3) is 0.350. The van der Waals surface area contributed by atoms with Crippen molar-refractivity contribution in [3.63, 3.8) is 0 Å². The zero-order valence-electron chi connectivity index (χ0n) is 15.8. The maximum atomic E-state index is 13.6. The Bertz CT molecular complexity index is 1010. The van der Waals surface area contributed by atoms with Crippen LogP contribution in [0.5, 0.6) is 0 Å². The highest BCUT2D eigenvalue weighted by Crippen LogP contribution is 2.28. The molecule has 0 aromatic heterocycles. The second kappa shape index (κ2) is 9.00. The van der Waals surface area contributed by atoms with Gasteiger partial charge in [-0.25, -0.2) is 12.8 Å². The summed E-state index contributed by atoms with van der Waals surface area (Å²) in [6.07, 6.45) is 4.93. The Kier molecular flexibility index (Phi) is 6.83. The summed E-state index contributed by atoms with van der Waals surface area (Å²) in [7, 11) is -2.01. The van der Waals surface area contributed by atoms with Gasteiger partial charge in [-0.05, 0) is 49.2 Å². The number of amides is 1. The van der Waals surface area contributed by atoms with Gasteiger partial charge in [-0.15, -0.1) is 0 Å². The van der Waals surface area contributed by atoms with E-state index in [4.69, 9.17) is 23.2 Å². The number of nitrogens with zero attached hydrogens (tertiary/aromatic N) is 1. The van der Waals surface area contributed by atoms with Crippen LogP contribution in [0.25, 0.3) is 0 Å². The third-order valence-corrected chi connectivity index (χ3v) is 7.66. The molecule has 156 valence electrons. The minimum Gasteiger partial charge on any atom is -0.322 e. The molecule has 1 aliphatic rings. The van der Waals surface area contributed by atoms with E-state index in [1.807, 2.05) is 0 Å². The first-order chi connectivity index (χ1) is 13.7. The summed E-state index contributed by atoms with van der Waals surface area (Å²) < 4.78 is 40.8. The van der Waals surface area contributed by atoms with Gasteiger partial charge in [0.05, 0.1) is 20.5 Å². The number of hydrogen-bond donors (Lipinski definition) is 1. The predicted octanol–water partition coefficient (Wildman–Crippen LogP) is 5.34. The molecule has 0 aliphatic heterocycles. The minimum absolute atomic E-state index is 0.00933. The molecule has 0 radical (unpaired) electrons. The van der Waals surface area contributed by atoms with Gasteiger partial charge in [0.1, 0.15) is 5.82 Å². The summed E-state index contributed by atoms with van der Waals surface area (Å²) in [5.74, 6) is -1.38. The molecule has 2 aromatic rings. The van der Waals surface area contributed by atoms with Crippen LogP contribution in [0.3, 0.4) is 0 Å². The van der Waals surface area contributed by atoms with Gasteiger partial charge in [0.15, 0.2) is 0 Å². The van der Waals surface area contributed by atoms with Gasteiger partial charge in [0, 0.05) is 18.8 Å². The molecular weight excluding hydrogens is 438 g/mol. The second-order valence-electron chi connectivity index (χ2n) is 7.04. The van der Waals surface area contributed by atoms with E-state index in [-0.39, 0.29) is 26.5 Å². The maximum absolute atomic E-state index is 13.6. The number of carbonyl (C=O) groups excluding carboxylic acids is 1. The summed E-state index contributed by atoms with van der Waals surface area (Å²) in [5, 5.41) is 2.41. The average Bonchev–Trinajstić information content (AvgIpc) is 2.71. The van der Waals surface area contributed by atoms with Crippen molar-refractivity contribution < 1.29 is 17.6 Å². The fourth-order valence-corrected chi connectivity index (χ4v) is 5.30. The molecule has 1 saturated carbocycles.